The van der Waals surface area contributed by atoms with Crippen LogP contribution in [0.15, 0.2) is 0 Å². The Labute approximate surface area is 80.7 Å². The fourth-order valence-electron chi connectivity index (χ4n) is 1.40. The molecule has 0 unspecified atom stereocenters. The van der Waals surface area contributed by atoms with Crippen molar-refractivity contribution in [1.82, 2.24) is 20.5 Å². The second kappa shape index (κ2) is 3.38. The Morgan fingerprint density at radius 2 is 2.36 bits per heavy atom. The van der Waals surface area contributed by atoms with E-state index in [-0.39, 0.29) is 23.9 Å². The molecule has 3 N–H and O–H groups in total. The number of carbonyl (C=O) groups excluding carboxylic acids is 1. The predicted molar refractivity (Wildman–Crippen MR) is 47.6 cm³/mol. The van der Waals surface area contributed by atoms with Gasteiger partial charge in [-0.15, -0.1) is 5.10 Å². The number of aliphatic hydroxyl groups excluding tert-OH is 1. The van der Waals surface area contributed by atoms with Gasteiger partial charge in [0.05, 0.1) is 6.10 Å². The fraction of sp³-hybridized carbons (Fsp3) is 0.625. The molecule has 76 valence electrons. The van der Waals surface area contributed by atoms with Gasteiger partial charge in [-0.05, 0) is 19.8 Å². The highest BCUT2D eigenvalue weighted by Crippen LogP contribution is 2.19. The summed E-state index contributed by atoms with van der Waals surface area (Å²) in [6.07, 6.45) is 0.971. The number of hydrogen-bond donors (Lipinski definition) is 3. The SMILES string of the molecule is Cc1nc(C(=O)NC2CC(O)C2)n[nH]1. The molecular formula is C8H12N4O2. The minimum absolute atomic E-state index is 0.0660. The number of hydrogen-bond acceptors (Lipinski definition) is 4. The second-order valence-corrected chi connectivity index (χ2v) is 3.54. The first kappa shape index (κ1) is 9.14. The molecule has 1 amide bonds. The molecule has 1 aromatic heterocycles. The number of H-pyrrole nitrogens is 1. The smallest absolute Gasteiger partial charge is 0.291 e. The quantitative estimate of drug-likeness (QED) is 0.587. The van der Waals surface area contributed by atoms with Gasteiger partial charge < -0.3 is 10.4 Å². The summed E-state index contributed by atoms with van der Waals surface area (Å²) in [7, 11) is 0. The lowest BCUT2D eigenvalue weighted by Gasteiger charge is -2.31. The summed E-state index contributed by atoms with van der Waals surface area (Å²) in [6, 6.07) is 0.0660. The molecule has 1 saturated carbocycles. The summed E-state index contributed by atoms with van der Waals surface area (Å²) in [5, 5.41) is 18.1. The molecule has 0 radical (unpaired) electrons. The molecule has 2 rings (SSSR count). The topological polar surface area (TPSA) is 90.9 Å². The first-order valence-corrected chi connectivity index (χ1v) is 4.53. The largest absolute Gasteiger partial charge is 0.393 e. The first-order chi connectivity index (χ1) is 6.65. The van der Waals surface area contributed by atoms with Gasteiger partial charge in [-0.1, -0.05) is 0 Å². The Morgan fingerprint density at radius 3 is 2.86 bits per heavy atom. The highest BCUT2D eigenvalue weighted by Gasteiger charge is 2.29. The molecule has 1 aromatic rings. The van der Waals surface area contributed by atoms with Gasteiger partial charge in [0.1, 0.15) is 5.82 Å². The molecule has 1 fully saturated rings. The highest BCUT2D eigenvalue weighted by atomic mass is 16.3. The van der Waals surface area contributed by atoms with Crippen LogP contribution < -0.4 is 5.32 Å². The van der Waals surface area contributed by atoms with Crippen LogP contribution in [-0.4, -0.2) is 38.3 Å². The lowest BCUT2D eigenvalue weighted by atomic mass is 9.89. The van der Waals surface area contributed by atoms with E-state index in [1.807, 2.05) is 0 Å². The zero-order chi connectivity index (χ0) is 10.1. The van der Waals surface area contributed by atoms with Crippen molar-refractivity contribution in [2.24, 2.45) is 0 Å². The second-order valence-electron chi connectivity index (χ2n) is 3.54. The number of nitrogens with zero attached hydrogens (tertiary/aromatic N) is 2. The summed E-state index contributed by atoms with van der Waals surface area (Å²) in [4.78, 5) is 15.3. The van der Waals surface area contributed by atoms with Gasteiger partial charge in [0.2, 0.25) is 5.82 Å². The third-order valence-corrected chi connectivity index (χ3v) is 2.25. The van der Waals surface area contributed by atoms with Crippen molar-refractivity contribution in [1.29, 1.82) is 0 Å². The van der Waals surface area contributed by atoms with Gasteiger partial charge in [-0.3, -0.25) is 9.89 Å². The number of rotatable bonds is 2. The zero-order valence-corrected chi connectivity index (χ0v) is 7.82. The van der Waals surface area contributed by atoms with Crippen molar-refractivity contribution in [3.8, 4) is 0 Å². The average Bonchev–Trinajstić information content (AvgIpc) is 2.49. The monoisotopic (exact) mass is 196 g/mol. The summed E-state index contributed by atoms with van der Waals surface area (Å²) >= 11 is 0. The summed E-state index contributed by atoms with van der Waals surface area (Å²) in [6.45, 7) is 1.73. The van der Waals surface area contributed by atoms with Crippen molar-refractivity contribution in [3.05, 3.63) is 11.6 Å². The number of carbonyl (C=O) groups is 1. The summed E-state index contributed by atoms with van der Waals surface area (Å²) in [5.74, 6) is 0.485. The maximum absolute atomic E-state index is 11.4. The van der Waals surface area contributed by atoms with E-state index in [4.69, 9.17) is 5.11 Å². The van der Waals surface area contributed by atoms with Crippen LogP contribution in [0.4, 0.5) is 0 Å². The summed E-state index contributed by atoms with van der Waals surface area (Å²) in [5.41, 5.74) is 0. The van der Waals surface area contributed by atoms with Crippen LogP contribution in [0, 0.1) is 6.92 Å². The fourth-order valence-corrected chi connectivity index (χ4v) is 1.40. The Kier molecular flexibility index (Phi) is 2.20. The molecule has 0 atom stereocenters. The van der Waals surface area contributed by atoms with Crippen molar-refractivity contribution in [2.75, 3.05) is 0 Å². The number of amides is 1. The molecule has 0 aromatic carbocycles. The first-order valence-electron chi connectivity index (χ1n) is 4.53. The molecule has 14 heavy (non-hydrogen) atoms. The Bertz CT molecular complexity index is 343. The van der Waals surface area contributed by atoms with Crippen molar-refractivity contribution in [3.63, 3.8) is 0 Å². The van der Waals surface area contributed by atoms with E-state index >= 15 is 0 Å². The third kappa shape index (κ3) is 1.74. The molecule has 1 aliphatic rings. The highest BCUT2D eigenvalue weighted by molar-refractivity contribution is 5.90. The van der Waals surface area contributed by atoms with Gasteiger partial charge in [0, 0.05) is 6.04 Å². The maximum atomic E-state index is 11.4. The van der Waals surface area contributed by atoms with Gasteiger partial charge in [0.25, 0.3) is 5.91 Å². The molecule has 0 spiro atoms. The van der Waals surface area contributed by atoms with Crippen molar-refractivity contribution < 1.29 is 9.90 Å². The molecule has 0 bridgehead atoms. The van der Waals surface area contributed by atoms with E-state index in [1.54, 1.807) is 6.92 Å². The van der Waals surface area contributed by atoms with Crippen LogP contribution in [0.5, 0.6) is 0 Å². The van der Waals surface area contributed by atoms with E-state index in [0.717, 1.165) is 0 Å². The van der Waals surface area contributed by atoms with E-state index in [0.29, 0.717) is 18.7 Å². The van der Waals surface area contributed by atoms with E-state index in [1.165, 1.54) is 0 Å². The van der Waals surface area contributed by atoms with Crippen molar-refractivity contribution in [2.45, 2.75) is 31.9 Å². The van der Waals surface area contributed by atoms with Gasteiger partial charge in [-0.2, -0.15) is 0 Å². The van der Waals surface area contributed by atoms with Crippen LogP contribution >= 0.6 is 0 Å². The van der Waals surface area contributed by atoms with Crippen LogP contribution in [-0.2, 0) is 0 Å². The number of nitrogens with one attached hydrogen (secondary N) is 2. The molecule has 0 saturated heterocycles. The predicted octanol–water partition coefficient (Wildman–Crippen LogP) is -0.634. The standard InChI is InChI=1S/C8H12N4O2/c1-4-9-7(12-11-4)8(14)10-5-2-6(13)3-5/h5-6,13H,2-3H2,1H3,(H,10,14)(H,9,11,12). The minimum atomic E-state index is -0.286. The van der Waals surface area contributed by atoms with E-state index in [2.05, 4.69) is 20.5 Å². The summed E-state index contributed by atoms with van der Waals surface area (Å²) < 4.78 is 0. The Morgan fingerprint density at radius 1 is 1.64 bits per heavy atom. The number of aromatic amines is 1. The molecule has 6 heteroatoms. The average molecular weight is 196 g/mol. The number of aromatic nitrogens is 3. The van der Waals surface area contributed by atoms with Crippen molar-refractivity contribution >= 4 is 5.91 Å². The molecular weight excluding hydrogens is 184 g/mol. The van der Waals surface area contributed by atoms with Crippen LogP contribution in [0.25, 0.3) is 0 Å². The van der Waals surface area contributed by atoms with E-state index in [9.17, 15) is 4.79 Å². The lowest BCUT2D eigenvalue weighted by Crippen LogP contribution is -2.47. The number of aliphatic hydroxyl groups is 1. The molecule has 6 nitrogen and oxygen atoms in total. The molecule has 0 aliphatic heterocycles. The third-order valence-electron chi connectivity index (χ3n) is 2.25. The van der Waals surface area contributed by atoms with E-state index < -0.39 is 0 Å². The van der Waals surface area contributed by atoms with Gasteiger partial charge in [-0.25, -0.2) is 4.98 Å². The van der Waals surface area contributed by atoms with Crippen LogP contribution in [0.1, 0.15) is 29.3 Å². The molecule has 1 heterocycles. The van der Waals surface area contributed by atoms with Crippen LogP contribution in [0.3, 0.4) is 0 Å². The lowest BCUT2D eigenvalue weighted by molar-refractivity contribution is 0.0558. The Balaban J connectivity index is 1.90. The maximum Gasteiger partial charge on any atom is 0.291 e. The molecule has 1 aliphatic carbocycles. The Hall–Kier alpha value is -1.43. The van der Waals surface area contributed by atoms with Crippen LogP contribution in [0.2, 0.25) is 0 Å². The normalized spacial score (nSPS) is 25.6. The minimum Gasteiger partial charge on any atom is -0.393 e. The zero-order valence-electron chi connectivity index (χ0n) is 7.82. The number of aryl methyl sites for hydroxylation is 1. The van der Waals surface area contributed by atoms with Gasteiger partial charge in [0.15, 0.2) is 0 Å². The van der Waals surface area contributed by atoms with Gasteiger partial charge >= 0.3 is 0 Å².